The van der Waals surface area contributed by atoms with Crippen LogP contribution in [0.4, 0.5) is 4.39 Å². The Morgan fingerprint density at radius 2 is 2.15 bits per heavy atom. The Hall–Kier alpha value is -1.22. The number of rotatable bonds is 0. The number of carbonyl (C=O) groups excluding carboxylic acids is 1. The number of hydrogen-bond donors (Lipinski definition) is 0. The number of hydrogen-bond acceptors (Lipinski definition) is 2. The van der Waals surface area contributed by atoms with Crippen LogP contribution in [0.25, 0.3) is 0 Å². The van der Waals surface area contributed by atoms with Crippen molar-refractivity contribution in [2.24, 2.45) is 0 Å². The van der Waals surface area contributed by atoms with Crippen molar-refractivity contribution in [1.29, 1.82) is 0 Å². The zero-order valence-corrected chi connectivity index (χ0v) is 7.38. The summed E-state index contributed by atoms with van der Waals surface area (Å²) < 4.78 is 12.8. The van der Waals surface area contributed by atoms with E-state index in [0.29, 0.717) is 18.7 Å². The molecule has 0 aliphatic carbocycles. The molecule has 0 bridgehead atoms. The van der Waals surface area contributed by atoms with Gasteiger partial charge in [0.2, 0.25) is 0 Å². The zero-order chi connectivity index (χ0) is 9.42. The summed E-state index contributed by atoms with van der Waals surface area (Å²) in [5, 5.41) is 0. The molecule has 0 N–H and O–H groups in total. The molecule has 2 rings (SSSR count). The molecule has 3 heteroatoms. The van der Waals surface area contributed by atoms with Crippen LogP contribution in [-0.4, -0.2) is 24.3 Å². The molecular weight excluding hydrogens is 169 g/mol. The minimum atomic E-state index is -0.276. The van der Waals surface area contributed by atoms with E-state index in [1.807, 2.05) is 11.9 Å². The first-order valence-corrected chi connectivity index (χ1v) is 4.17. The molecule has 0 fully saturated rings. The fourth-order valence-corrected chi connectivity index (χ4v) is 1.64. The van der Waals surface area contributed by atoms with Gasteiger partial charge in [-0.2, -0.15) is 0 Å². The SMILES string of the molecule is CN1CC(=O)c2ccc(F)cc2C1. The van der Waals surface area contributed by atoms with Crippen LogP contribution in [0.5, 0.6) is 0 Å². The normalized spacial score (nSPS) is 17.2. The Balaban J connectivity index is 2.49. The minimum absolute atomic E-state index is 0.0729. The van der Waals surface area contributed by atoms with Gasteiger partial charge in [0.1, 0.15) is 5.82 Å². The highest BCUT2D eigenvalue weighted by Crippen LogP contribution is 2.18. The van der Waals surface area contributed by atoms with E-state index in [4.69, 9.17) is 0 Å². The first-order valence-electron chi connectivity index (χ1n) is 4.17. The molecule has 13 heavy (non-hydrogen) atoms. The summed E-state index contributed by atoms with van der Waals surface area (Å²) in [6.07, 6.45) is 0. The van der Waals surface area contributed by atoms with E-state index >= 15 is 0 Å². The van der Waals surface area contributed by atoms with Crippen LogP contribution in [0.3, 0.4) is 0 Å². The van der Waals surface area contributed by atoms with Gasteiger partial charge in [0, 0.05) is 12.1 Å². The maximum atomic E-state index is 12.8. The average molecular weight is 179 g/mol. The van der Waals surface area contributed by atoms with Gasteiger partial charge in [-0.05, 0) is 30.8 Å². The molecule has 2 nitrogen and oxygen atoms in total. The Morgan fingerprint density at radius 3 is 2.92 bits per heavy atom. The molecule has 0 atom stereocenters. The second kappa shape index (κ2) is 2.92. The molecule has 0 saturated heterocycles. The standard InChI is InChI=1S/C10H10FNO/c1-12-5-7-4-8(11)2-3-9(7)10(13)6-12/h2-4H,5-6H2,1H3. The highest BCUT2D eigenvalue weighted by atomic mass is 19.1. The molecular formula is C10H10FNO. The van der Waals surface area contributed by atoms with Crippen LogP contribution in [0.2, 0.25) is 0 Å². The predicted octanol–water partition coefficient (Wildman–Crippen LogP) is 1.45. The fourth-order valence-electron chi connectivity index (χ4n) is 1.64. The van der Waals surface area contributed by atoms with E-state index in [-0.39, 0.29) is 11.6 Å². The Morgan fingerprint density at radius 1 is 1.38 bits per heavy atom. The molecule has 0 radical (unpaired) electrons. The molecule has 1 heterocycles. The summed E-state index contributed by atoms with van der Waals surface area (Å²) in [4.78, 5) is 13.3. The number of likely N-dealkylation sites (N-methyl/N-ethyl adjacent to an activating group) is 1. The van der Waals surface area contributed by atoms with Crippen LogP contribution < -0.4 is 0 Å². The van der Waals surface area contributed by atoms with Crippen molar-refractivity contribution in [2.45, 2.75) is 6.54 Å². The average Bonchev–Trinajstić information content (AvgIpc) is 2.02. The van der Waals surface area contributed by atoms with Gasteiger partial charge >= 0.3 is 0 Å². The summed E-state index contributed by atoms with van der Waals surface area (Å²) in [6, 6.07) is 4.34. The second-order valence-corrected chi connectivity index (χ2v) is 3.40. The molecule has 68 valence electrons. The quantitative estimate of drug-likeness (QED) is 0.600. The Bertz CT molecular complexity index is 362. The van der Waals surface area contributed by atoms with Crippen molar-refractivity contribution in [3.05, 3.63) is 35.1 Å². The molecule has 1 aliphatic heterocycles. The molecule has 0 amide bonds. The Labute approximate surface area is 76.0 Å². The molecule has 0 aromatic heterocycles. The highest BCUT2D eigenvalue weighted by Gasteiger charge is 2.20. The van der Waals surface area contributed by atoms with Gasteiger partial charge in [-0.25, -0.2) is 4.39 Å². The maximum Gasteiger partial charge on any atom is 0.177 e. The van der Waals surface area contributed by atoms with E-state index in [1.165, 1.54) is 12.1 Å². The summed E-state index contributed by atoms with van der Waals surface area (Å²) in [5.74, 6) is -0.203. The summed E-state index contributed by atoms with van der Waals surface area (Å²) in [7, 11) is 1.85. The second-order valence-electron chi connectivity index (χ2n) is 3.40. The van der Waals surface area contributed by atoms with E-state index in [1.54, 1.807) is 6.07 Å². The lowest BCUT2D eigenvalue weighted by molar-refractivity contribution is 0.0922. The van der Waals surface area contributed by atoms with E-state index in [9.17, 15) is 9.18 Å². The van der Waals surface area contributed by atoms with Crippen molar-refractivity contribution in [3.63, 3.8) is 0 Å². The molecule has 0 spiro atoms. The van der Waals surface area contributed by atoms with Crippen molar-refractivity contribution in [1.82, 2.24) is 4.90 Å². The first-order chi connectivity index (χ1) is 6.16. The largest absolute Gasteiger partial charge is 0.295 e. The predicted molar refractivity (Wildman–Crippen MR) is 47.1 cm³/mol. The maximum absolute atomic E-state index is 12.8. The number of fused-ring (bicyclic) bond motifs is 1. The number of Topliss-reactive ketones (excluding diaryl/α,β-unsaturated/α-hetero) is 1. The van der Waals surface area contributed by atoms with Gasteiger partial charge in [-0.15, -0.1) is 0 Å². The van der Waals surface area contributed by atoms with Crippen LogP contribution >= 0.6 is 0 Å². The number of carbonyl (C=O) groups is 1. The summed E-state index contributed by atoms with van der Waals surface area (Å²) in [5.41, 5.74) is 1.46. The molecule has 0 saturated carbocycles. The van der Waals surface area contributed by atoms with Crippen molar-refractivity contribution in [3.8, 4) is 0 Å². The third kappa shape index (κ3) is 1.47. The van der Waals surface area contributed by atoms with Crippen molar-refractivity contribution >= 4 is 5.78 Å². The zero-order valence-electron chi connectivity index (χ0n) is 7.38. The summed E-state index contributed by atoms with van der Waals surface area (Å²) in [6.45, 7) is 1.08. The molecule has 1 aromatic rings. The van der Waals surface area contributed by atoms with Crippen molar-refractivity contribution < 1.29 is 9.18 Å². The third-order valence-corrected chi connectivity index (χ3v) is 2.22. The first kappa shape index (κ1) is 8.38. The fraction of sp³-hybridized carbons (Fsp3) is 0.300. The van der Waals surface area contributed by atoms with Crippen LogP contribution in [0, 0.1) is 5.82 Å². The molecule has 1 aromatic carbocycles. The van der Waals surface area contributed by atoms with Gasteiger partial charge in [-0.3, -0.25) is 9.69 Å². The van der Waals surface area contributed by atoms with Crippen LogP contribution in [0.1, 0.15) is 15.9 Å². The van der Waals surface area contributed by atoms with E-state index in [2.05, 4.69) is 0 Å². The van der Waals surface area contributed by atoms with Gasteiger partial charge < -0.3 is 0 Å². The van der Waals surface area contributed by atoms with Crippen LogP contribution in [-0.2, 0) is 6.54 Å². The highest BCUT2D eigenvalue weighted by molar-refractivity contribution is 5.99. The lowest BCUT2D eigenvalue weighted by Gasteiger charge is -2.23. The van der Waals surface area contributed by atoms with Gasteiger partial charge in [-0.1, -0.05) is 0 Å². The van der Waals surface area contributed by atoms with Crippen LogP contribution in [0.15, 0.2) is 18.2 Å². The third-order valence-electron chi connectivity index (χ3n) is 2.22. The summed E-state index contributed by atoms with van der Waals surface area (Å²) >= 11 is 0. The number of nitrogens with zero attached hydrogens (tertiary/aromatic N) is 1. The van der Waals surface area contributed by atoms with Crippen molar-refractivity contribution in [2.75, 3.05) is 13.6 Å². The number of ketones is 1. The lowest BCUT2D eigenvalue weighted by atomic mass is 9.99. The smallest absolute Gasteiger partial charge is 0.177 e. The number of halogens is 1. The minimum Gasteiger partial charge on any atom is -0.295 e. The lowest BCUT2D eigenvalue weighted by Crippen LogP contribution is -2.31. The number of benzene rings is 1. The topological polar surface area (TPSA) is 20.3 Å². The van der Waals surface area contributed by atoms with Gasteiger partial charge in [0.25, 0.3) is 0 Å². The molecule has 1 aliphatic rings. The van der Waals surface area contributed by atoms with Gasteiger partial charge in [0.05, 0.1) is 6.54 Å². The Kier molecular flexibility index (Phi) is 1.88. The van der Waals surface area contributed by atoms with E-state index in [0.717, 1.165) is 5.56 Å². The van der Waals surface area contributed by atoms with E-state index < -0.39 is 0 Å². The monoisotopic (exact) mass is 179 g/mol. The van der Waals surface area contributed by atoms with Gasteiger partial charge in [0.15, 0.2) is 5.78 Å². The molecule has 0 unspecified atom stereocenters.